The summed E-state index contributed by atoms with van der Waals surface area (Å²) >= 11 is 1.70. The second kappa shape index (κ2) is 4.04. The molecule has 3 rings (SSSR count). The van der Waals surface area contributed by atoms with Gasteiger partial charge in [-0.15, -0.1) is 11.3 Å². The fourth-order valence-electron chi connectivity index (χ4n) is 1.97. The zero-order chi connectivity index (χ0) is 11.8. The molecule has 1 unspecified atom stereocenters. The molecule has 17 heavy (non-hydrogen) atoms. The van der Waals surface area contributed by atoms with Gasteiger partial charge in [0.2, 0.25) is 0 Å². The van der Waals surface area contributed by atoms with Crippen molar-refractivity contribution in [2.45, 2.75) is 19.9 Å². The molecule has 1 aliphatic heterocycles. The number of rotatable bonds is 2. The van der Waals surface area contributed by atoms with E-state index in [4.69, 9.17) is 4.74 Å². The van der Waals surface area contributed by atoms with Gasteiger partial charge in [-0.3, -0.25) is 0 Å². The second-order valence-electron chi connectivity index (χ2n) is 4.21. The van der Waals surface area contributed by atoms with Crippen LogP contribution in [0.25, 0.3) is 0 Å². The Morgan fingerprint density at radius 2 is 2.18 bits per heavy atom. The lowest BCUT2D eigenvalue weighted by atomic mass is 10.1. The zero-order valence-corrected chi connectivity index (χ0v) is 10.7. The van der Waals surface area contributed by atoms with Crippen LogP contribution in [0.1, 0.15) is 22.2 Å². The number of nitrogens with zero attached hydrogens (tertiary/aromatic N) is 1. The lowest BCUT2D eigenvalue weighted by Gasteiger charge is -2.09. The summed E-state index contributed by atoms with van der Waals surface area (Å²) in [4.78, 5) is 5.76. The molecule has 0 saturated heterocycles. The van der Waals surface area contributed by atoms with Gasteiger partial charge in [0, 0.05) is 10.4 Å². The fraction of sp³-hybridized carbons (Fsp3) is 0.308. The molecule has 3 nitrogen and oxygen atoms in total. The normalized spacial score (nSPS) is 17.6. The smallest absolute Gasteiger partial charge is 0.183 e. The molecule has 0 saturated carbocycles. The molecule has 0 amide bonds. The van der Waals surface area contributed by atoms with Crippen LogP contribution in [0.15, 0.2) is 24.3 Å². The number of ether oxygens (including phenoxy) is 1. The molecule has 1 N–H and O–H groups in total. The molecule has 0 radical (unpaired) electrons. The first-order valence-electron chi connectivity index (χ1n) is 5.66. The summed E-state index contributed by atoms with van der Waals surface area (Å²) in [6, 6.07) is 8.37. The Labute approximate surface area is 104 Å². The van der Waals surface area contributed by atoms with Gasteiger partial charge in [0.05, 0.1) is 11.7 Å². The molecule has 4 heteroatoms. The third-order valence-corrected chi connectivity index (χ3v) is 4.03. The minimum atomic E-state index is 0.219. The Balaban J connectivity index is 1.84. The van der Waals surface area contributed by atoms with Gasteiger partial charge in [-0.2, -0.15) is 0 Å². The number of hydrogen-bond acceptors (Lipinski definition) is 4. The number of anilines is 1. The van der Waals surface area contributed by atoms with Gasteiger partial charge in [0.15, 0.2) is 5.13 Å². The quantitative estimate of drug-likeness (QED) is 0.882. The molecular weight excluding hydrogens is 232 g/mol. The van der Waals surface area contributed by atoms with Gasteiger partial charge in [-0.05, 0) is 19.9 Å². The van der Waals surface area contributed by atoms with Gasteiger partial charge < -0.3 is 10.1 Å². The monoisotopic (exact) mass is 246 g/mol. The van der Waals surface area contributed by atoms with Crippen molar-refractivity contribution in [3.05, 3.63) is 40.4 Å². The Kier molecular flexibility index (Phi) is 2.52. The number of thiazole rings is 1. The van der Waals surface area contributed by atoms with Crippen LogP contribution in [-0.2, 0) is 0 Å². The molecule has 1 aromatic heterocycles. The first kappa shape index (κ1) is 10.6. The average Bonchev–Trinajstić information content (AvgIpc) is 2.85. The Morgan fingerprint density at radius 1 is 1.35 bits per heavy atom. The molecule has 1 aromatic carbocycles. The SMILES string of the molecule is Cc1nc(NC2COc3ccccc32)sc1C. The number of aromatic nitrogens is 1. The Bertz CT molecular complexity index is 531. The molecule has 0 aliphatic carbocycles. The third kappa shape index (κ3) is 1.89. The van der Waals surface area contributed by atoms with E-state index in [1.165, 1.54) is 10.4 Å². The first-order chi connectivity index (χ1) is 8.24. The van der Waals surface area contributed by atoms with Crippen molar-refractivity contribution in [1.82, 2.24) is 4.98 Å². The topological polar surface area (TPSA) is 34.2 Å². The number of nitrogens with one attached hydrogen (secondary N) is 1. The molecule has 0 bridgehead atoms. The highest BCUT2D eigenvalue weighted by molar-refractivity contribution is 7.15. The summed E-state index contributed by atoms with van der Waals surface area (Å²) in [5.41, 5.74) is 2.32. The van der Waals surface area contributed by atoms with Crippen LogP contribution in [0.5, 0.6) is 5.75 Å². The Morgan fingerprint density at radius 3 is 2.94 bits per heavy atom. The van der Waals surface area contributed by atoms with E-state index in [1.54, 1.807) is 11.3 Å². The molecule has 88 valence electrons. The lowest BCUT2D eigenvalue weighted by molar-refractivity contribution is 0.340. The largest absolute Gasteiger partial charge is 0.491 e. The van der Waals surface area contributed by atoms with Crippen molar-refractivity contribution < 1.29 is 4.74 Å². The van der Waals surface area contributed by atoms with Crippen molar-refractivity contribution in [2.24, 2.45) is 0 Å². The number of hydrogen-bond donors (Lipinski definition) is 1. The summed E-state index contributed by atoms with van der Waals surface area (Å²) in [7, 11) is 0. The van der Waals surface area contributed by atoms with Gasteiger partial charge in [0.1, 0.15) is 12.4 Å². The van der Waals surface area contributed by atoms with Gasteiger partial charge in [-0.25, -0.2) is 4.98 Å². The summed E-state index contributed by atoms with van der Waals surface area (Å²) in [5, 5.41) is 4.42. The molecule has 0 spiro atoms. The number of benzene rings is 1. The van der Waals surface area contributed by atoms with E-state index in [9.17, 15) is 0 Å². The van der Waals surface area contributed by atoms with E-state index in [0.717, 1.165) is 16.6 Å². The van der Waals surface area contributed by atoms with Crippen molar-refractivity contribution in [3.63, 3.8) is 0 Å². The molecule has 1 atom stereocenters. The van der Waals surface area contributed by atoms with E-state index in [-0.39, 0.29) is 6.04 Å². The predicted octanol–water partition coefficient (Wildman–Crippen LogP) is 3.31. The second-order valence-corrected chi connectivity index (χ2v) is 5.41. The average molecular weight is 246 g/mol. The third-order valence-electron chi connectivity index (χ3n) is 3.03. The Hall–Kier alpha value is -1.55. The number of aryl methyl sites for hydroxylation is 2. The van der Waals surface area contributed by atoms with E-state index < -0.39 is 0 Å². The van der Waals surface area contributed by atoms with Crippen LogP contribution in [0.2, 0.25) is 0 Å². The van der Waals surface area contributed by atoms with Crippen molar-refractivity contribution in [3.8, 4) is 5.75 Å². The van der Waals surface area contributed by atoms with Crippen molar-refractivity contribution in [1.29, 1.82) is 0 Å². The van der Waals surface area contributed by atoms with Gasteiger partial charge >= 0.3 is 0 Å². The zero-order valence-electron chi connectivity index (χ0n) is 9.86. The number of para-hydroxylation sites is 1. The molecular formula is C13H14N2OS. The fourth-order valence-corrected chi connectivity index (χ4v) is 2.83. The summed E-state index contributed by atoms with van der Waals surface area (Å²) in [6.07, 6.45) is 0. The first-order valence-corrected chi connectivity index (χ1v) is 6.48. The van der Waals surface area contributed by atoms with E-state index in [2.05, 4.69) is 23.3 Å². The number of fused-ring (bicyclic) bond motifs is 1. The standard InChI is InChI=1S/C13H14N2OS/c1-8-9(2)17-13(14-8)15-11-7-16-12-6-4-3-5-10(11)12/h3-6,11H,7H2,1-2H3,(H,14,15). The maximum absolute atomic E-state index is 5.63. The highest BCUT2D eigenvalue weighted by Gasteiger charge is 2.24. The molecule has 1 aliphatic rings. The highest BCUT2D eigenvalue weighted by atomic mass is 32.1. The van der Waals surface area contributed by atoms with Crippen LogP contribution in [0, 0.1) is 13.8 Å². The minimum Gasteiger partial charge on any atom is -0.491 e. The maximum Gasteiger partial charge on any atom is 0.183 e. The molecule has 2 aromatic rings. The van der Waals surface area contributed by atoms with E-state index in [0.29, 0.717) is 6.61 Å². The molecule has 0 fully saturated rings. The van der Waals surface area contributed by atoms with Crippen molar-refractivity contribution >= 4 is 16.5 Å². The van der Waals surface area contributed by atoms with E-state index >= 15 is 0 Å². The van der Waals surface area contributed by atoms with Crippen molar-refractivity contribution in [2.75, 3.05) is 11.9 Å². The van der Waals surface area contributed by atoms with Gasteiger partial charge in [-0.1, -0.05) is 18.2 Å². The summed E-state index contributed by atoms with van der Waals surface area (Å²) in [5.74, 6) is 0.981. The lowest BCUT2D eigenvalue weighted by Crippen LogP contribution is -2.11. The summed E-state index contributed by atoms with van der Waals surface area (Å²) < 4.78 is 5.63. The van der Waals surface area contributed by atoms with Gasteiger partial charge in [0.25, 0.3) is 0 Å². The molecule has 2 heterocycles. The van der Waals surface area contributed by atoms with Crippen LogP contribution in [0.4, 0.5) is 5.13 Å². The van der Waals surface area contributed by atoms with E-state index in [1.807, 2.05) is 25.1 Å². The maximum atomic E-state index is 5.63. The van der Waals surface area contributed by atoms with Crippen LogP contribution < -0.4 is 10.1 Å². The minimum absolute atomic E-state index is 0.219. The predicted molar refractivity (Wildman–Crippen MR) is 69.9 cm³/mol. The highest BCUT2D eigenvalue weighted by Crippen LogP contribution is 2.35. The summed E-state index contributed by atoms with van der Waals surface area (Å²) in [6.45, 7) is 4.81. The van der Waals surface area contributed by atoms with Crippen LogP contribution in [0.3, 0.4) is 0 Å². The van der Waals surface area contributed by atoms with Crippen LogP contribution >= 0.6 is 11.3 Å². The van der Waals surface area contributed by atoms with Crippen LogP contribution in [-0.4, -0.2) is 11.6 Å².